The van der Waals surface area contributed by atoms with E-state index in [1.54, 1.807) is 20.8 Å². The number of carboxylic acid groups (broad SMARTS) is 1. The summed E-state index contributed by atoms with van der Waals surface area (Å²) in [7, 11) is 0. The Bertz CT molecular complexity index is 376. The Morgan fingerprint density at radius 1 is 1.42 bits per heavy atom. The van der Waals surface area contributed by atoms with Crippen molar-refractivity contribution in [2.24, 2.45) is 0 Å². The maximum Gasteiger partial charge on any atom is 0.408 e. The maximum atomic E-state index is 12.3. The first-order valence-corrected chi connectivity index (χ1v) is 5.81. The van der Waals surface area contributed by atoms with Gasteiger partial charge in [0.15, 0.2) is 0 Å². The number of amides is 2. The van der Waals surface area contributed by atoms with Gasteiger partial charge in [-0.05, 0) is 27.2 Å². The maximum absolute atomic E-state index is 12.3. The Balaban J connectivity index is 2.87. The van der Waals surface area contributed by atoms with Crippen LogP contribution in [-0.4, -0.2) is 57.8 Å². The highest BCUT2D eigenvalue weighted by Gasteiger charge is 2.45. The molecule has 8 heteroatoms. The number of alkyl halides is 3. The van der Waals surface area contributed by atoms with Crippen molar-refractivity contribution in [1.82, 2.24) is 9.80 Å². The predicted octanol–water partition coefficient (Wildman–Crippen LogP) is 1.93. The number of carbonyl (C=O) groups is 2. The van der Waals surface area contributed by atoms with E-state index in [1.807, 2.05) is 0 Å². The fourth-order valence-electron chi connectivity index (χ4n) is 2.22. The number of hydrogen-bond donors (Lipinski definition) is 1. The zero-order valence-electron chi connectivity index (χ0n) is 11.0. The topological polar surface area (TPSA) is 60.9 Å². The Hall–Kier alpha value is -1.47. The van der Waals surface area contributed by atoms with Crippen LogP contribution in [0.2, 0.25) is 0 Å². The van der Waals surface area contributed by atoms with Crippen molar-refractivity contribution in [2.45, 2.75) is 44.9 Å². The zero-order chi connectivity index (χ0) is 15.0. The smallest absolute Gasteiger partial charge is 0.408 e. The van der Waals surface area contributed by atoms with Gasteiger partial charge in [0.05, 0.1) is 0 Å². The van der Waals surface area contributed by atoms with Crippen molar-refractivity contribution in [2.75, 3.05) is 13.1 Å². The number of carbonyl (C=O) groups excluding carboxylic acids is 1. The van der Waals surface area contributed by atoms with E-state index in [2.05, 4.69) is 0 Å². The molecule has 0 radical (unpaired) electrons. The van der Waals surface area contributed by atoms with Gasteiger partial charge in [-0.3, -0.25) is 9.69 Å². The molecule has 0 aromatic carbocycles. The summed E-state index contributed by atoms with van der Waals surface area (Å²) in [5, 5.41) is 9.14. The summed E-state index contributed by atoms with van der Waals surface area (Å²) in [6.45, 7) is 3.38. The predicted molar refractivity (Wildman–Crippen MR) is 60.7 cm³/mol. The molecule has 1 aliphatic rings. The fourth-order valence-corrected chi connectivity index (χ4v) is 2.22. The van der Waals surface area contributed by atoms with Gasteiger partial charge >= 0.3 is 12.3 Å². The molecule has 1 heterocycles. The molecule has 0 bridgehead atoms. The third-order valence-corrected chi connectivity index (χ3v) is 2.88. The molecule has 1 fully saturated rings. The Kier molecular flexibility index (Phi) is 4.02. The highest BCUT2D eigenvalue weighted by Crippen LogP contribution is 2.27. The van der Waals surface area contributed by atoms with Gasteiger partial charge in [0.25, 0.3) is 0 Å². The second-order valence-corrected chi connectivity index (χ2v) is 5.50. The lowest BCUT2D eigenvalue weighted by molar-refractivity contribution is -0.159. The van der Waals surface area contributed by atoms with Gasteiger partial charge < -0.3 is 10.0 Å². The minimum absolute atomic E-state index is 0.0805. The average molecular weight is 282 g/mol. The van der Waals surface area contributed by atoms with Gasteiger partial charge in [0.2, 0.25) is 5.91 Å². The molecule has 0 spiro atoms. The molecule has 0 aromatic heterocycles. The first-order valence-electron chi connectivity index (χ1n) is 5.81. The third kappa shape index (κ3) is 3.74. The van der Waals surface area contributed by atoms with Crippen molar-refractivity contribution in [1.29, 1.82) is 0 Å². The highest BCUT2D eigenvalue weighted by atomic mass is 19.4. The van der Waals surface area contributed by atoms with E-state index in [1.165, 1.54) is 0 Å². The van der Waals surface area contributed by atoms with Gasteiger partial charge in [-0.25, -0.2) is 4.79 Å². The van der Waals surface area contributed by atoms with E-state index >= 15 is 0 Å². The lowest BCUT2D eigenvalue weighted by Gasteiger charge is -2.36. The van der Waals surface area contributed by atoms with Crippen LogP contribution in [0.1, 0.15) is 27.2 Å². The number of hydrogen-bond acceptors (Lipinski definition) is 2. The van der Waals surface area contributed by atoms with E-state index in [0.29, 0.717) is 4.90 Å². The minimum atomic E-state index is -4.47. The monoisotopic (exact) mass is 282 g/mol. The summed E-state index contributed by atoms with van der Waals surface area (Å²) in [4.78, 5) is 24.7. The lowest BCUT2D eigenvalue weighted by atomic mass is 10.0. The van der Waals surface area contributed by atoms with Crippen molar-refractivity contribution in [3.63, 3.8) is 0 Å². The van der Waals surface area contributed by atoms with Crippen LogP contribution in [-0.2, 0) is 4.79 Å². The zero-order valence-corrected chi connectivity index (χ0v) is 11.0. The second-order valence-electron chi connectivity index (χ2n) is 5.50. The third-order valence-electron chi connectivity index (χ3n) is 2.88. The average Bonchev–Trinajstić information content (AvgIpc) is 2.45. The number of nitrogens with zero attached hydrogens (tertiary/aromatic N) is 2. The molecule has 19 heavy (non-hydrogen) atoms. The summed E-state index contributed by atoms with van der Waals surface area (Å²) < 4.78 is 36.8. The molecule has 1 atom stereocenters. The SMILES string of the molecule is CC(C)(C)N(C(=O)O)C1CCN(CC(F)(F)F)C1=O. The number of halogens is 3. The summed E-state index contributed by atoms with van der Waals surface area (Å²) in [5.41, 5.74) is -0.847. The van der Waals surface area contributed by atoms with Crippen LogP contribution in [0.3, 0.4) is 0 Å². The summed E-state index contributed by atoms with van der Waals surface area (Å²) in [6, 6.07) is -1.04. The molecular formula is C11H17F3N2O3. The molecule has 0 saturated carbocycles. The Morgan fingerprint density at radius 2 is 1.95 bits per heavy atom. The van der Waals surface area contributed by atoms with E-state index in [-0.39, 0.29) is 13.0 Å². The van der Waals surface area contributed by atoms with Crippen LogP contribution in [0, 0.1) is 0 Å². The quantitative estimate of drug-likeness (QED) is 0.841. The number of rotatable bonds is 2. The van der Waals surface area contributed by atoms with Gasteiger partial charge in [-0.2, -0.15) is 13.2 Å². The van der Waals surface area contributed by atoms with E-state index in [9.17, 15) is 22.8 Å². The van der Waals surface area contributed by atoms with Crippen LogP contribution in [0.5, 0.6) is 0 Å². The standard InChI is InChI=1S/C11H17F3N2O3/c1-10(2,3)16(9(18)19)7-4-5-15(8(7)17)6-11(12,13)14/h7H,4-6H2,1-3H3,(H,18,19). The molecule has 110 valence electrons. The van der Waals surface area contributed by atoms with E-state index in [0.717, 1.165) is 4.90 Å². The molecule has 5 nitrogen and oxygen atoms in total. The highest BCUT2D eigenvalue weighted by molar-refractivity contribution is 5.87. The summed E-state index contributed by atoms with van der Waals surface area (Å²) in [5.74, 6) is -0.783. The molecule has 1 saturated heterocycles. The summed E-state index contributed by atoms with van der Waals surface area (Å²) >= 11 is 0. The van der Waals surface area contributed by atoms with Crippen molar-refractivity contribution in [3.8, 4) is 0 Å². The van der Waals surface area contributed by atoms with Gasteiger partial charge in [0.1, 0.15) is 12.6 Å². The van der Waals surface area contributed by atoms with Crippen LogP contribution in [0.15, 0.2) is 0 Å². The molecule has 0 aliphatic carbocycles. The van der Waals surface area contributed by atoms with Crippen LogP contribution in [0.25, 0.3) is 0 Å². The molecule has 2 amide bonds. The van der Waals surface area contributed by atoms with Crippen molar-refractivity contribution >= 4 is 12.0 Å². The largest absolute Gasteiger partial charge is 0.465 e. The van der Waals surface area contributed by atoms with Crippen LogP contribution < -0.4 is 0 Å². The normalized spacial score (nSPS) is 20.8. The second kappa shape index (κ2) is 4.90. The molecule has 0 aromatic rings. The van der Waals surface area contributed by atoms with E-state index in [4.69, 9.17) is 5.11 Å². The lowest BCUT2D eigenvalue weighted by Crippen LogP contribution is -2.54. The molecule has 1 rings (SSSR count). The fraction of sp³-hybridized carbons (Fsp3) is 0.818. The van der Waals surface area contributed by atoms with Gasteiger partial charge in [0, 0.05) is 12.1 Å². The minimum Gasteiger partial charge on any atom is -0.465 e. The van der Waals surface area contributed by atoms with Gasteiger partial charge in [-0.1, -0.05) is 0 Å². The Morgan fingerprint density at radius 3 is 2.32 bits per heavy atom. The Labute approximate surface area is 109 Å². The van der Waals surface area contributed by atoms with Crippen molar-refractivity contribution in [3.05, 3.63) is 0 Å². The first kappa shape index (κ1) is 15.6. The van der Waals surface area contributed by atoms with E-state index < -0.39 is 36.3 Å². The number of likely N-dealkylation sites (tertiary alicyclic amines) is 1. The van der Waals surface area contributed by atoms with Crippen LogP contribution in [0.4, 0.5) is 18.0 Å². The molecular weight excluding hydrogens is 265 g/mol. The first-order chi connectivity index (χ1) is 8.43. The summed E-state index contributed by atoms with van der Waals surface area (Å²) in [6.07, 6.45) is -5.70. The molecule has 1 N–H and O–H groups in total. The van der Waals surface area contributed by atoms with Crippen molar-refractivity contribution < 1.29 is 27.9 Å². The molecule has 1 unspecified atom stereocenters. The van der Waals surface area contributed by atoms with Gasteiger partial charge in [-0.15, -0.1) is 0 Å². The molecule has 1 aliphatic heterocycles. The van der Waals surface area contributed by atoms with Crippen LogP contribution >= 0.6 is 0 Å².